The van der Waals surface area contributed by atoms with Crippen LogP contribution in [0.4, 0.5) is 5.69 Å². The van der Waals surface area contributed by atoms with Crippen molar-refractivity contribution in [3.63, 3.8) is 0 Å². The standard InChI is InChI=1S/C37H42ClN3O8S/c1-6-20-39-37(43)32(21-26-10-8-7-9-11-26)40(24-27-12-14-28(38)15-13-27)36(42)25-41(31-22-29(46-2)16-18-33(31)47-3)50(44,45)30-17-19-34(48-4)35(23-30)49-5/h7-19,22-23,32H,6,20-21,24-25H2,1-5H3,(H,39,43). The van der Waals surface area contributed by atoms with E-state index in [-0.39, 0.29) is 41.0 Å². The van der Waals surface area contributed by atoms with Crippen molar-refractivity contribution in [3.05, 3.63) is 107 Å². The van der Waals surface area contributed by atoms with Gasteiger partial charge in [0.1, 0.15) is 24.1 Å². The topological polar surface area (TPSA) is 124 Å². The molecule has 0 aliphatic carbocycles. The van der Waals surface area contributed by atoms with Crippen molar-refractivity contribution >= 4 is 39.1 Å². The normalized spacial score (nSPS) is 11.6. The van der Waals surface area contributed by atoms with Crippen LogP contribution >= 0.6 is 11.6 Å². The summed E-state index contributed by atoms with van der Waals surface area (Å²) in [5, 5.41) is 3.44. The first-order valence-corrected chi connectivity index (χ1v) is 17.7. The van der Waals surface area contributed by atoms with E-state index in [0.717, 1.165) is 9.87 Å². The molecule has 0 heterocycles. The number of rotatable bonds is 17. The Morgan fingerprint density at radius 1 is 0.780 bits per heavy atom. The van der Waals surface area contributed by atoms with Crippen LogP contribution in [-0.4, -0.2) is 72.7 Å². The number of amides is 2. The fraction of sp³-hybridized carbons (Fsp3) is 0.297. The zero-order valence-corrected chi connectivity index (χ0v) is 30.3. The number of sulfonamides is 1. The van der Waals surface area contributed by atoms with Crippen LogP contribution in [-0.2, 0) is 32.6 Å². The molecule has 1 unspecified atom stereocenters. The molecular weight excluding hydrogens is 682 g/mol. The lowest BCUT2D eigenvalue weighted by Gasteiger charge is -2.34. The summed E-state index contributed by atoms with van der Waals surface area (Å²) >= 11 is 6.17. The average molecular weight is 724 g/mol. The molecule has 0 radical (unpaired) electrons. The minimum atomic E-state index is -4.50. The number of hydrogen-bond donors (Lipinski definition) is 1. The van der Waals surface area contributed by atoms with Crippen LogP contribution in [0.25, 0.3) is 0 Å². The maximum atomic E-state index is 14.8. The molecule has 0 aliphatic rings. The van der Waals surface area contributed by atoms with Gasteiger partial charge in [0.2, 0.25) is 11.8 Å². The smallest absolute Gasteiger partial charge is 0.265 e. The van der Waals surface area contributed by atoms with Crippen molar-refractivity contribution < 1.29 is 37.0 Å². The summed E-state index contributed by atoms with van der Waals surface area (Å²) in [6.45, 7) is 1.63. The quantitative estimate of drug-likeness (QED) is 0.147. The van der Waals surface area contributed by atoms with Gasteiger partial charge in [-0.1, -0.05) is 61.0 Å². The number of methoxy groups -OCH3 is 4. The van der Waals surface area contributed by atoms with E-state index >= 15 is 0 Å². The number of carbonyl (C=O) groups is 2. The number of halogens is 1. The van der Waals surface area contributed by atoms with Gasteiger partial charge in [-0.25, -0.2) is 8.42 Å². The third-order valence-electron chi connectivity index (χ3n) is 7.96. The lowest BCUT2D eigenvalue weighted by molar-refractivity contribution is -0.140. The molecule has 0 spiro atoms. The molecule has 2 amide bonds. The number of benzene rings is 4. The second kappa shape index (κ2) is 17.6. The predicted octanol–water partition coefficient (Wildman–Crippen LogP) is 5.74. The minimum absolute atomic E-state index is 0.00740. The fourth-order valence-corrected chi connectivity index (χ4v) is 6.87. The summed E-state index contributed by atoms with van der Waals surface area (Å²) in [4.78, 5) is 29.9. The summed E-state index contributed by atoms with van der Waals surface area (Å²) in [6, 6.07) is 24.0. The Morgan fingerprint density at radius 3 is 2.06 bits per heavy atom. The monoisotopic (exact) mass is 723 g/mol. The lowest BCUT2D eigenvalue weighted by Crippen LogP contribution is -2.53. The molecule has 50 heavy (non-hydrogen) atoms. The summed E-state index contributed by atoms with van der Waals surface area (Å²) in [7, 11) is 1.18. The summed E-state index contributed by atoms with van der Waals surface area (Å²) in [5.41, 5.74) is 1.57. The van der Waals surface area contributed by atoms with E-state index in [1.165, 1.54) is 57.6 Å². The molecule has 1 atom stereocenters. The van der Waals surface area contributed by atoms with Crippen molar-refractivity contribution in [1.82, 2.24) is 10.2 Å². The Kier molecular flexibility index (Phi) is 13.4. The third kappa shape index (κ3) is 9.19. The van der Waals surface area contributed by atoms with E-state index in [0.29, 0.717) is 35.1 Å². The molecule has 4 rings (SSSR count). The molecule has 11 nitrogen and oxygen atoms in total. The molecule has 4 aromatic carbocycles. The first kappa shape index (κ1) is 37.9. The van der Waals surface area contributed by atoms with Gasteiger partial charge >= 0.3 is 0 Å². The van der Waals surface area contributed by atoms with Crippen LogP contribution in [0.3, 0.4) is 0 Å². The third-order valence-corrected chi connectivity index (χ3v) is 9.97. The maximum Gasteiger partial charge on any atom is 0.265 e. The number of hydrogen-bond acceptors (Lipinski definition) is 8. The molecule has 266 valence electrons. The molecule has 0 saturated heterocycles. The van der Waals surface area contributed by atoms with Gasteiger partial charge in [-0.05, 0) is 53.9 Å². The molecule has 0 bridgehead atoms. The van der Waals surface area contributed by atoms with Crippen LogP contribution < -0.4 is 28.6 Å². The van der Waals surface area contributed by atoms with E-state index in [1.54, 1.807) is 36.4 Å². The number of ether oxygens (including phenoxy) is 4. The Hall–Kier alpha value is -4.94. The Balaban J connectivity index is 1.89. The Bertz CT molecular complexity index is 1860. The van der Waals surface area contributed by atoms with Gasteiger partial charge in [0.15, 0.2) is 11.5 Å². The predicted molar refractivity (Wildman–Crippen MR) is 193 cm³/mol. The Labute approximate surface area is 298 Å². The molecule has 4 aromatic rings. The summed E-state index contributed by atoms with van der Waals surface area (Å²) in [5.74, 6) is 0.00204. The minimum Gasteiger partial charge on any atom is -0.497 e. The zero-order valence-electron chi connectivity index (χ0n) is 28.7. The molecule has 0 aliphatic heterocycles. The average Bonchev–Trinajstić information content (AvgIpc) is 3.14. The molecular formula is C37H42ClN3O8S. The van der Waals surface area contributed by atoms with Gasteiger partial charge in [-0.15, -0.1) is 0 Å². The van der Waals surface area contributed by atoms with E-state index in [1.807, 2.05) is 37.3 Å². The first-order chi connectivity index (χ1) is 24.1. The second-order valence-electron chi connectivity index (χ2n) is 11.2. The van der Waals surface area contributed by atoms with E-state index < -0.39 is 28.5 Å². The second-order valence-corrected chi connectivity index (χ2v) is 13.5. The highest BCUT2D eigenvalue weighted by Crippen LogP contribution is 2.38. The highest BCUT2D eigenvalue weighted by atomic mass is 35.5. The summed E-state index contributed by atoms with van der Waals surface area (Å²) in [6.07, 6.45) is 0.864. The molecule has 1 N–H and O–H groups in total. The van der Waals surface area contributed by atoms with E-state index in [2.05, 4.69) is 5.32 Å². The van der Waals surface area contributed by atoms with Crippen molar-refractivity contribution in [2.24, 2.45) is 0 Å². The number of nitrogens with zero attached hydrogens (tertiary/aromatic N) is 2. The van der Waals surface area contributed by atoms with Gasteiger partial charge in [-0.2, -0.15) is 0 Å². The van der Waals surface area contributed by atoms with Crippen LogP contribution in [0, 0.1) is 0 Å². The highest BCUT2D eigenvalue weighted by Gasteiger charge is 2.36. The van der Waals surface area contributed by atoms with Gasteiger partial charge in [0.05, 0.1) is 39.0 Å². The highest BCUT2D eigenvalue weighted by molar-refractivity contribution is 7.92. The molecule has 0 fully saturated rings. The van der Waals surface area contributed by atoms with Crippen molar-refractivity contribution in [3.8, 4) is 23.0 Å². The lowest BCUT2D eigenvalue weighted by atomic mass is 10.0. The van der Waals surface area contributed by atoms with Crippen LogP contribution in [0.2, 0.25) is 5.02 Å². The van der Waals surface area contributed by atoms with E-state index in [9.17, 15) is 18.0 Å². The van der Waals surface area contributed by atoms with E-state index in [4.69, 9.17) is 30.5 Å². The number of nitrogens with one attached hydrogen (secondary N) is 1. The zero-order chi connectivity index (χ0) is 36.3. The molecule has 0 saturated carbocycles. The summed E-state index contributed by atoms with van der Waals surface area (Å²) < 4.78 is 52.0. The fourth-order valence-electron chi connectivity index (χ4n) is 5.32. The van der Waals surface area contributed by atoms with Crippen molar-refractivity contribution in [2.45, 2.75) is 37.2 Å². The van der Waals surface area contributed by atoms with Crippen LogP contribution in [0.15, 0.2) is 95.9 Å². The SMILES string of the molecule is CCCNC(=O)C(Cc1ccccc1)N(Cc1ccc(Cl)cc1)C(=O)CN(c1cc(OC)ccc1OC)S(=O)(=O)c1ccc(OC)c(OC)c1. The Morgan fingerprint density at radius 2 is 1.44 bits per heavy atom. The van der Waals surface area contributed by atoms with Crippen molar-refractivity contribution in [1.29, 1.82) is 0 Å². The first-order valence-electron chi connectivity index (χ1n) is 15.9. The van der Waals surface area contributed by atoms with Gasteiger partial charge in [0.25, 0.3) is 10.0 Å². The largest absolute Gasteiger partial charge is 0.497 e. The maximum absolute atomic E-state index is 14.8. The molecule has 0 aromatic heterocycles. The van der Waals surface area contributed by atoms with Crippen molar-refractivity contribution in [2.75, 3.05) is 45.8 Å². The molecule has 13 heteroatoms. The number of anilines is 1. The van der Waals surface area contributed by atoms with Gasteiger partial charge in [0, 0.05) is 36.7 Å². The van der Waals surface area contributed by atoms with Gasteiger partial charge in [-0.3, -0.25) is 13.9 Å². The van der Waals surface area contributed by atoms with Crippen LogP contribution in [0.5, 0.6) is 23.0 Å². The van der Waals surface area contributed by atoms with Gasteiger partial charge < -0.3 is 29.2 Å². The number of carbonyl (C=O) groups excluding carboxylic acids is 2. The van der Waals surface area contributed by atoms with Crippen LogP contribution in [0.1, 0.15) is 24.5 Å².